The summed E-state index contributed by atoms with van der Waals surface area (Å²) in [6.45, 7) is 0. The Morgan fingerprint density at radius 3 is 2.65 bits per heavy atom. The molecule has 0 bridgehead atoms. The summed E-state index contributed by atoms with van der Waals surface area (Å²) in [6, 6.07) is 3.79. The molecule has 3 rings (SSSR count). The van der Waals surface area contributed by atoms with Crippen LogP contribution in [0.5, 0.6) is 5.75 Å². The Kier molecular flexibility index (Phi) is 3.08. The number of allylic oxidation sites excluding steroid dienone is 2. The van der Waals surface area contributed by atoms with Crippen LogP contribution in [0.1, 0.15) is 40.7 Å². The molecule has 0 saturated heterocycles. The van der Waals surface area contributed by atoms with E-state index in [0.717, 1.165) is 23.1 Å². The molecule has 0 fully saturated rings. The lowest BCUT2D eigenvalue weighted by molar-refractivity contribution is -0.118. The van der Waals surface area contributed by atoms with Gasteiger partial charge in [0.25, 0.3) is 0 Å². The molecule has 1 aromatic rings. The minimum atomic E-state index is -0.384. The van der Waals surface area contributed by atoms with E-state index in [0.29, 0.717) is 30.6 Å². The Morgan fingerprint density at radius 1 is 1.15 bits per heavy atom. The lowest BCUT2D eigenvalue weighted by atomic mass is 9.91. The number of ether oxygens (including phenoxy) is 2. The minimum absolute atomic E-state index is 0.281. The van der Waals surface area contributed by atoms with E-state index in [1.165, 1.54) is 12.7 Å². The Morgan fingerprint density at radius 2 is 1.95 bits per heavy atom. The third-order valence-electron chi connectivity index (χ3n) is 4.09. The Bertz CT molecular complexity index is 640. The van der Waals surface area contributed by atoms with Crippen LogP contribution in [0.4, 0.5) is 0 Å². The van der Waals surface area contributed by atoms with Crippen LogP contribution in [0.3, 0.4) is 0 Å². The predicted molar refractivity (Wildman–Crippen MR) is 73.8 cm³/mol. The smallest absolute Gasteiger partial charge is 0.341 e. The number of hydrogen-bond acceptors (Lipinski definition) is 4. The maximum Gasteiger partial charge on any atom is 0.341 e. The zero-order chi connectivity index (χ0) is 14.3. The molecule has 2 aliphatic rings. The fourth-order valence-electron chi connectivity index (χ4n) is 3.17. The molecule has 104 valence electrons. The maximum atomic E-state index is 12.0. The van der Waals surface area contributed by atoms with Crippen LogP contribution in [-0.2, 0) is 16.0 Å². The van der Waals surface area contributed by atoms with Gasteiger partial charge in [-0.05, 0) is 35.6 Å². The number of fused-ring (bicyclic) bond motifs is 2. The summed E-state index contributed by atoms with van der Waals surface area (Å²) in [7, 11) is 2.91. The maximum absolute atomic E-state index is 12.0. The number of carbonyl (C=O) groups is 2. The Hall–Kier alpha value is -2.10. The molecule has 0 radical (unpaired) electrons. The van der Waals surface area contributed by atoms with Crippen molar-refractivity contribution in [3.05, 3.63) is 34.4 Å². The SMILES string of the molecule is COC(=O)c1c(OC)ccc2c1CC1=C2CCC(=O)C1. The lowest BCUT2D eigenvalue weighted by Gasteiger charge is -2.14. The van der Waals surface area contributed by atoms with Gasteiger partial charge in [-0.1, -0.05) is 11.6 Å². The van der Waals surface area contributed by atoms with Crippen molar-refractivity contribution in [2.45, 2.75) is 25.7 Å². The highest BCUT2D eigenvalue weighted by atomic mass is 16.5. The zero-order valence-corrected chi connectivity index (χ0v) is 11.6. The van der Waals surface area contributed by atoms with E-state index in [-0.39, 0.29) is 11.8 Å². The molecule has 0 spiro atoms. The number of Topliss-reactive ketones (excluding diaryl/α,β-unsaturated/α-hetero) is 1. The fraction of sp³-hybridized carbons (Fsp3) is 0.375. The average molecular weight is 272 g/mol. The number of benzene rings is 1. The van der Waals surface area contributed by atoms with Crippen molar-refractivity contribution in [1.29, 1.82) is 0 Å². The molecule has 4 heteroatoms. The average Bonchev–Trinajstić information content (AvgIpc) is 2.82. The summed E-state index contributed by atoms with van der Waals surface area (Å²) < 4.78 is 10.2. The molecule has 1 aromatic carbocycles. The van der Waals surface area contributed by atoms with Gasteiger partial charge in [0, 0.05) is 12.8 Å². The van der Waals surface area contributed by atoms with Crippen LogP contribution in [-0.4, -0.2) is 26.0 Å². The van der Waals surface area contributed by atoms with Gasteiger partial charge in [-0.25, -0.2) is 4.79 Å². The highest BCUT2D eigenvalue weighted by molar-refractivity contribution is 5.99. The highest BCUT2D eigenvalue weighted by Crippen LogP contribution is 2.43. The zero-order valence-electron chi connectivity index (χ0n) is 11.6. The van der Waals surface area contributed by atoms with E-state index in [1.807, 2.05) is 6.07 Å². The third kappa shape index (κ3) is 1.83. The molecule has 20 heavy (non-hydrogen) atoms. The van der Waals surface area contributed by atoms with Crippen molar-refractivity contribution in [3.8, 4) is 5.75 Å². The summed E-state index contributed by atoms with van der Waals surface area (Å²) in [6.07, 6.45) is 2.52. The van der Waals surface area contributed by atoms with Crippen molar-refractivity contribution in [1.82, 2.24) is 0 Å². The van der Waals surface area contributed by atoms with Crippen LogP contribution in [0.2, 0.25) is 0 Å². The van der Waals surface area contributed by atoms with Crippen LogP contribution in [0.25, 0.3) is 5.57 Å². The molecule has 0 aromatic heterocycles. The largest absolute Gasteiger partial charge is 0.496 e. The van der Waals surface area contributed by atoms with E-state index in [9.17, 15) is 9.59 Å². The van der Waals surface area contributed by atoms with Gasteiger partial charge >= 0.3 is 5.97 Å². The molecule has 0 amide bonds. The summed E-state index contributed by atoms with van der Waals surface area (Å²) >= 11 is 0. The van der Waals surface area contributed by atoms with Gasteiger partial charge < -0.3 is 9.47 Å². The molecule has 4 nitrogen and oxygen atoms in total. The van der Waals surface area contributed by atoms with Crippen molar-refractivity contribution in [3.63, 3.8) is 0 Å². The molecule has 0 unspecified atom stereocenters. The van der Waals surface area contributed by atoms with E-state index < -0.39 is 0 Å². The molecule has 0 aliphatic heterocycles. The lowest BCUT2D eigenvalue weighted by Crippen LogP contribution is -2.09. The van der Waals surface area contributed by atoms with E-state index in [2.05, 4.69) is 0 Å². The molecular formula is C16H16O4. The van der Waals surface area contributed by atoms with Gasteiger partial charge in [0.15, 0.2) is 0 Å². The molecule has 0 heterocycles. The monoisotopic (exact) mass is 272 g/mol. The van der Waals surface area contributed by atoms with E-state index in [4.69, 9.17) is 9.47 Å². The number of methoxy groups -OCH3 is 2. The molecule has 0 N–H and O–H groups in total. The summed E-state index contributed by atoms with van der Waals surface area (Å²) in [4.78, 5) is 23.6. The van der Waals surface area contributed by atoms with Crippen molar-refractivity contribution >= 4 is 17.3 Å². The molecular weight excluding hydrogens is 256 g/mol. The number of carbonyl (C=O) groups excluding carboxylic acids is 2. The van der Waals surface area contributed by atoms with Crippen LogP contribution in [0, 0.1) is 0 Å². The second-order valence-corrected chi connectivity index (χ2v) is 5.13. The normalized spacial score (nSPS) is 16.8. The number of hydrogen-bond donors (Lipinski definition) is 0. The highest BCUT2D eigenvalue weighted by Gasteiger charge is 2.31. The minimum Gasteiger partial charge on any atom is -0.496 e. The molecule has 2 aliphatic carbocycles. The Labute approximate surface area is 117 Å². The van der Waals surface area contributed by atoms with Gasteiger partial charge in [0.1, 0.15) is 17.1 Å². The van der Waals surface area contributed by atoms with Crippen LogP contribution >= 0.6 is 0 Å². The van der Waals surface area contributed by atoms with Crippen LogP contribution < -0.4 is 4.74 Å². The molecule has 0 atom stereocenters. The predicted octanol–water partition coefficient (Wildman–Crippen LogP) is 2.54. The summed E-state index contributed by atoms with van der Waals surface area (Å²) in [5, 5.41) is 0. The van der Waals surface area contributed by atoms with Gasteiger partial charge in [-0.2, -0.15) is 0 Å². The second kappa shape index (κ2) is 4.78. The first kappa shape index (κ1) is 12.9. The van der Waals surface area contributed by atoms with Gasteiger partial charge in [-0.3, -0.25) is 4.79 Å². The number of ketones is 1. The van der Waals surface area contributed by atoms with Crippen molar-refractivity contribution < 1.29 is 19.1 Å². The van der Waals surface area contributed by atoms with Gasteiger partial charge in [0.2, 0.25) is 0 Å². The standard InChI is InChI=1S/C16H16O4/c1-19-14-6-5-12-11-4-3-10(17)7-9(11)8-13(12)15(14)16(18)20-2/h5-6H,3-4,7-8H2,1-2H3. The first-order valence-corrected chi connectivity index (χ1v) is 6.66. The number of rotatable bonds is 2. The van der Waals surface area contributed by atoms with E-state index >= 15 is 0 Å². The van der Waals surface area contributed by atoms with Gasteiger partial charge in [-0.15, -0.1) is 0 Å². The summed E-state index contributed by atoms with van der Waals surface area (Å²) in [5.74, 6) is 0.426. The molecule has 0 saturated carbocycles. The quantitative estimate of drug-likeness (QED) is 0.776. The third-order valence-corrected chi connectivity index (χ3v) is 4.09. The Balaban J connectivity index is 2.12. The first-order valence-electron chi connectivity index (χ1n) is 6.66. The topological polar surface area (TPSA) is 52.6 Å². The van der Waals surface area contributed by atoms with Gasteiger partial charge in [0.05, 0.1) is 14.2 Å². The van der Waals surface area contributed by atoms with Crippen LogP contribution in [0.15, 0.2) is 17.7 Å². The second-order valence-electron chi connectivity index (χ2n) is 5.13. The van der Waals surface area contributed by atoms with Crippen molar-refractivity contribution in [2.75, 3.05) is 14.2 Å². The number of esters is 1. The summed E-state index contributed by atoms with van der Waals surface area (Å²) in [5.41, 5.74) is 4.89. The van der Waals surface area contributed by atoms with Crippen molar-refractivity contribution in [2.24, 2.45) is 0 Å². The van der Waals surface area contributed by atoms with E-state index in [1.54, 1.807) is 13.2 Å². The fourth-order valence-corrected chi connectivity index (χ4v) is 3.17. The first-order chi connectivity index (χ1) is 9.65.